The average Bonchev–Trinajstić information content (AvgIpc) is 2.15. The van der Waals surface area contributed by atoms with Gasteiger partial charge in [-0.2, -0.15) is 0 Å². The van der Waals surface area contributed by atoms with Crippen molar-refractivity contribution >= 4 is 0 Å². The molecule has 3 N–H and O–H groups in total. The average molecular weight is 175 g/mol. The summed E-state index contributed by atoms with van der Waals surface area (Å²) >= 11 is 0. The van der Waals surface area contributed by atoms with E-state index in [2.05, 4.69) is 4.98 Å². The van der Waals surface area contributed by atoms with Crippen molar-refractivity contribution in [2.24, 2.45) is 0 Å². The third-order valence-electron chi connectivity index (χ3n) is 1.58. The van der Waals surface area contributed by atoms with Crippen LogP contribution in [0.3, 0.4) is 0 Å². The molecule has 0 saturated carbocycles. The molecule has 0 unspecified atom stereocenters. The topological polar surface area (TPSA) is 73.6 Å². The van der Waals surface area contributed by atoms with Gasteiger partial charge in [-0.15, -0.1) is 0 Å². The summed E-state index contributed by atoms with van der Waals surface area (Å²) in [6.07, 6.45) is 1.13. The van der Waals surface area contributed by atoms with E-state index in [-0.39, 0.29) is 11.1 Å². The highest BCUT2D eigenvalue weighted by atomic mass is 16.3. The van der Waals surface area contributed by atoms with Crippen LogP contribution in [0, 0.1) is 6.85 Å². The van der Waals surface area contributed by atoms with Crippen molar-refractivity contribution in [2.45, 2.75) is 20.1 Å². The molecule has 0 aliphatic heterocycles. The zero-order valence-corrected chi connectivity index (χ0v) is 6.28. The maximum absolute atomic E-state index is 9.54. The van der Waals surface area contributed by atoms with Gasteiger partial charge in [0.25, 0.3) is 0 Å². The Labute approximate surface area is 74.3 Å². The summed E-state index contributed by atoms with van der Waals surface area (Å²) in [5.41, 5.74) is -0.259. The number of aryl methyl sites for hydroxylation is 1. The predicted molar refractivity (Wildman–Crippen MR) is 42.5 cm³/mol. The van der Waals surface area contributed by atoms with Crippen LogP contribution in [0.4, 0.5) is 0 Å². The van der Waals surface area contributed by atoms with Gasteiger partial charge >= 0.3 is 0 Å². The molecule has 0 fully saturated rings. The number of hydrogen-bond donors (Lipinski definition) is 3. The van der Waals surface area contributed by atoms with Crippen molar-refractivity contribution in [3.05, 3.63) is 23.0 Å². The van der Waals surface area contributed by atoms with Gasteiger partial charge in [0.15, 0.2) is 0 Å². The lowest BCUT2D eigenvalue weighted by Gasteiger charge is -2.07. The molecule has 0 bridgehead atoms. The molecule has 0 aromatic carbocycles. The maximum atomic E-state index is 9.54. The molecule has 0 atom stereocenters. The minimum Gasteiger partial charge on any atom is -0.506 e. The smallest absolute Gasteiger partial charge is 0.142 e. The van der Waals surface area contributed by atoms with E-state index in [4.69, 9.17) is 14.3 Å². The molecule has 4 heteroatoms. The summed E-state index contributed by atoms with van der Waals surface area (Å²) in [4.78, 5) is 3.55. The fraction of sp³-hybridized carbons (Fsp3) is 0.375. The van der Waals surface area contributed by atoms with E-state index in [0.29, 0.717) is 0 Å². The molecule has 66 valence electrons. The van der Waals surface area contributed by atoms with Crippen LogP contribution < -0.4 is 0 Å². The lowest BCUT2D eigenvalue weighted by molar-refractivity contribution is 0.254. The summed E-state index contributed by atoms with van der Waals surface area (Å²) in [5, 5.41) is 27.3. The van der Waals surface area contributed by atoms with Gasteiger partial charge in [0.2, 0.25) is 0 Å². The highest BCUT2D eigenvalue weighted by Gasteiger charge is 2.09. The van der Waals surface area contributed by atoms with Gasteiger partial charge in [-0.05, 0) is 6.85 Å². The Kier molecular flexibility index (Phi) is 1.61. The quantitative estimate of drug-likeness (QED) is 0.595. The zero-order chi connectivity index (χ0) is 11.6. The Balaban J connectivity index is 3.36. The van der Waals surface area contributed by atoms with Crippen LogP contribution in [0.25, 0.3) is 0 Å². The molecule has 0 aliphatic carbocycles. The number of aromatic hydroxyl groups is 1. The first-order valence-electron chi connectivity index (χ1n) is 4.83. The number of hydrogen-bond acceptors (Lipinski definition) is 4. The van der Waals surface area contributed by atoms with Crippen molar-refractivity contribution in [3.63, 3.8) is 0 Å². The van der Waals surface area contributed by atoms with Crippen LogP contribution in [0.15, 0.2) is 6.20 Å². The van der Waals surface area contributed by atoms with E-state index < -0.39 is 31.5 Å². The largest absolute Gasteiger partial charge is 0.506 e. The van der Waals surface area contributed by atoms with Crippen LogP contribution in [-0.4, -0.2) is 20.3 Å². The summed E-state index contributed by atoms with van der Waals surface area (Å²) in [6, 6.07) is 0. The SMILES string of the molecule is [3H]C([3H])([3H])c1ncc(CO)c(CO)c1O. The Morgan fingerprint density at radius 2 is 2.25 bits per heavy atom. The second kappa shape index (κ2) is 3.51. The molecule has 0 amide bonds. The summed E-state index contributed by atoms with van der Waals surface area (Å²) in [7, 11) is 0. The second-order valence-corrected chi connectivity index (χ2v) is 2.28. The van der Waals surface area contributed by atoms with E-state index in [9.17, 15) is 5.11 Å². The molecule has 1 heterocycles. The first-order chi connectivity index (χ1) is 6.91. The third-order valence-corrected chi connectivity index (χ3v) is 1.58. The van der Waals surface area contributed by atoms with Crippen LogP contribution in [-0.2, 0) is 13.2 Å². The number of nitrogens with zero attached hydrogens (tertiary/aromatic N) is 1. The lowest BCUT2D eigenvalue weighted by atomic mass is 10.1. The van der Waals surface area contributed by atoms with Gasteiger partial charge in [-0.1, -0.05) is 0 Å². The van der Waals surface area contributed by atoms with Crippen molar-refractivity contribution in [1.82, 2.24) is 4.98 Å². The first kappa shape index (κ1) is 5.50. The summed E-state index contributed by atoms with van der Waals surface area (Å²) in [5.74, 6) is -0.580. The number of aliphatic hydroxyl groups excluding tert-OH is 2. The molecule has 0 spiro atoms. The lowest BCUT2D eigenvalue weighted by Crippen LogP contribution is -1.98. The Hall–Kier alpha value is -1.13. The Morgan fingerprint density at radius 1 is 1.50 bits per heavy atom. The summed E-state index contributed by atoms with van der Waals surface area (Å²) < 4.78 is 21.2. The predicted octanol–water partition coefficient (Wildman–Crippen LogP) is 0.0802. The molecular weight excluding hydrogens is 158 g/mol. The van der Waals surface area contributed by atoms with Gasteiger partial charge in [-0.3, -0.25) is 4.98 Å². The normalized spacial score (nSPS) is 15.0. The molecule has 0 saturated heterocycles. The first-order valence-corrected chi connectivity index (χ1v) is 3.33. The molecule has 12 heavy (non-hydrogen) atoms. The number of rotatable bonds is 2. The van der Waals surface area contributed by atoms with Gasteiger partial charge in [0, 0.05) is 21.4 Å². The van der Waals surface area contributed by atoms with Crippen molar-refractivity contribution in [2.75, 3.05) is 0 Å². The fourth-order valence-electron chi connectivity index (χ4n) is 0.889. The highest BCUT2D eigenvalue weighted by molar-refractivity contribution is 5.39. The van der Waals surface area contributed by atoms with Crippen molar-refractivity contribution in [3.8, 4) is 5.75 Å². The van der Waals surface area contributed by atoms with Gasteiger partial charge in [-0.25, -0.2) is 0 Å². The molecule has 0 aliphatic rings. The van der Waals surface area contributed by atoms with E-state index in [1.54, 1.807) is 0 Å². The number of aromatic nitrogens is 1. The Morgan fingerprint density at radius 3 is 2.75 bits per heavy atom. The second-order valence-electron chi connectivity index (χ2n) is 2.28. The van der Waals surface area contributed by atoms with E-state index in [1.165, 1.54) is 0 Å². The summed E-state index contributed by atoms with van der Waals surface area (Å²) in [6.45, 7) is -3.51. The van der Waals surface area contributed by atoms with Crippen molar-refractivity contribution < 1.29 is 19.4 Å². The van der Waals surface area contributed by atoms with E-state index in [1.807, 2.05) is 0 Å². The molecular formula is C8H11NO3. The van der Waals surface area contributed by atoms with Crippen molar-refractivity contribution in [1.29, 1.82) is 0 Å². The molecule has 0 radical (unpaired) electrons. The van der Waals surface area contributed by atoms with Gasteiger partial charge in [0.05, 0.1) is 18.9 Å². The minimum atomic E-state index is -2.54. The number of aliphatic hydroxyl groups is 2. The highest BCUT2D eigenvalue weighted by Crippen LogP contribution is 2.23. The standard InChI is InChI=1S/C8H11NO3/c1-5-8(12)7(4-11)6(3-10)2-9-5/h2,10-12H,3-4H2,1H3/i1T3. The molecule has 1 aromatic rings. The van der Waals surface area contributed by atoms with Gasteiger partial charge in [0.1, 0.15) is 5.75 Å². The number of pyridine rings is 1. The third kappa shape index (κ3) is 1.39. The minimum absolute atomic E-state index is 0.00127. The van der Waals surface area contributed by atoms with Crippen LogP contribution >= 0.6 is 0 Å². The Bertz CT molecular complexity index is 365. The monoisotopic (exact) mass is 175 g/mol. The maximum Gasteiger partial charge on any atom is 0.142 e. The van der Waals surface area contributed by atoms with E-state index in [0.717, 1.165) is 6.20 Å². The van der Waals surface area contributed by atoms with Crippen LogP contribution in [0.5, 0.6) is 5.75 Å². The van der Waals surface area contributed by atoms with Gasteiger partial charge < -0.3 is 15.3 Å². The molecule has 4 nitrogen and oxygen atoms in total. The molecule has 1 aromatic heterocycles. The van der Waals surface area contributed by atoms with E-state index >= 15 is 0 Å². The van der Waals surface area contributed by atoms with Crippen LogP contribution in [0.2, 0.25) is 0 Å². The zero-order valence-electron chi connectivity index (χ0n) is 9.28. The van der Waals surface area contributed by atoms with Crippen LogP contribution in [0.1, 0.15) is 20.9 Å². The molecule has 1 rings (SSSR count). The fourth-order valence-corrected chi connectivity index (χ4v) is 0.889.